The molecule has 6 heteroatoms. The number of nitrogens with one attached hydrogen (secondary N) is 1. The molecule has 0 radical (unpaired) electrons. The molecule has 0 bridgehead atoms. The monoisotopic (exact) mass is 340 g/mol. The number of hydrogen-bond donors (Lipinski definition) is 1. The molecule has 2 aromatic carbocycles. The fraction of sp³-hybridized carbons (Fsp3) is 0.158. The first kappa shape index (κ1) is 16.7. The molecule has 0 spiro atoms. The number of rotatable bonds is 4. The summed E-state index contributed by atoms with van der Waals surface area (Å²) < 4.78 is 19.9. The minimum Gasteiger partial charge on any atom is -0.495 e. The topological polar surface area (TPSA) is 60.3 Å². The van der Waals surface area contributed by atoms with Gasteiger partial charge in [0, 0.05) is 19.8 Å². The van der Waals surface area contributed by atoms with Crippen molar-refractivity contribution < 1.29 is 13.9 Å². The minimum atomic E-state index is -0.477. The zero-order chi connectivity index (χ0) is 18.0. The molecule has 0 aliphatic carbocycles. The molecule has 0 unspecified atom stereocenters. The Labute approximate surface area is 143 Å². The Morgan fingerprint density at radius 2 is 1.92 bits per heavy atom. The fourth-order valence-electron chi connectivity index (χ4n) is 2.74. The summed E-state index contributed by atoms with van der Waals surface area (Å²) >= 11 is 0. The number of aromatic nitrogens is 1. The number of benzene rings is 2. The van der Waals surface area contributed by atoms with Crippen molar-refractivity contribution in [2.45, 2.75) is 6.54 Å². The molecule has 128 valence electrons. The Kier molecular flexibility index (Phi) is 4.52. The van der Waals surface area contributed by atoms with Crippen LogP contribution in [0.5, 0.6) is 5.75 Å². The van der Waals surface area contributed by atoms with Crippen LogP contribution < -0.4 is 15.5 Å². The van der Waals surface area contributed by atoms with Gasteiger partial charge in [0.1, 0.15) is 17.1 Å². The Hall–Kier alpha value is -3.15. The average molecular weight is 340 g/mol. The van der Waals surface area contributed by atoms with E-state index in [0.29, 0.717) is 16.7 Å². The number of methoxy groups -OCH3 is 1. The second-order valence-corrected chi connectivity index (χ2v) is 5.65. The van der Waals surface area contributed by atoms with Gasteiger partial charge in [-0.2, -0.15) is 0 Å². The lowest BCUT2D eigenvalue weighted by Crippen LogP contribution is -2.29. The van der Waals surface area contributed by atoms with Crippen molar-refractivity contribution >= 4 is 16.8 Å². The Morgan fingerprint density at radius 1 is 1.20 bits per heavy atom. The molecule has 0 fully saturated rings. The smallest absolute Gasteiger partial charge is 0.257 e. The summed E-state index contributed by atoms with van der Waals surface area (Å²) in [6, 6.07) is 10.9. The first-order valence-corrected chi connectivity index (χ1v) is 7.70. The summed E-state index contributed by atoms with van der Waals surface area (Å²) in [6.45, 7) is 0.207. The van der Waals surface area contributed by atoms with E-state index < -0.39 is 5.91 Å². The highest BCUT2D eigenvalue weighted by Gasteiger charge is 2.16. The number of pyridine rings is 1. The number of carbonyl (C=O) groups excluding carboxylic acids is 1. The number of carbonyl (C=O) groups is 1. The van der Waals surface area contributed by atoms with Gasteiger partial charge in [0.05, 0.1) is 18.0 Å². The molecule has 1 N–H and O–H groups in total. The average Bonchev–Trinajstić information content (AvgIpc) is 2.63. The highest BCUT2D eigenvalue weighted by molar-refractivity contribution is 5.98. The van der Waals surface area contributed by atoms with E-state index in [1.165, 1.54) is 25.4 Å². The third kappa shape index (κ3) is 3.24. The Balaban J connectivity index is 1.93. The van der Waals surface area contributed by atoms with Crippen molar-refractivity contribution in [1.82, 2.24) is 9.88 Å². The third-order valence-electron chi connectivity index (χ3n) is 3.99. The molecular formula is C19H17FN2O3. The molecule has 0 atom stereocenters. The number of para-hydroxylation sites is 1. The van der Waals surface area contributed by atoms with Crippen molar-refractivity contribution in [3.63, 3.8) is 0 Å². The number of ether oxygens (including phenoxy) is 1. The lowest BCUT2D eigenvalue weighted by molar-refractivity contribution is 0.0949. The fourth-order valence-corrected chi connectivity index (χ4v) is 2.74. The Bertz CT molecular complexity index is 994. The van der Waals surface area contributed by atoms with Crippen LogP contribution in [0, 0.1) is 5.82 Å². The van der Waals surface area contributed by atoms with Gasteiger partial charge in [-0.1, -0.05) is 18.2 Å². The van der Waals surface area contributed by atoms with Gasteiger partial charge >= 0.3 is 0 Å². The van der Waals surface area contributed by atoms with Crippen LogP contribution in [0.15, 0.2) is 53.5 Å². The molecular weight excluding hydrogens is 323 g/mol. The SMILES string of the molecule is COc1cccc2c(=O)c(C(=O)NCc3ccc(F)cc3)cn(C)c12. The molecule has 0 saturated carbocycles. The molecule has 5 nitrogen and oxygen atoms in total. The quantitative estimate of drug-likeness (QED) is 0.794. The molecule has 3 rings (SSSR count). The van der Waals surface area contributed by atoms with Gasteiger partial charge in [0.25, 0.3) is 5.91 Å². The number of aryl methyl sites for hydroxylation is 1. The normalized spacial score (nSPS) is 10.7. The maximum absolute atomic E-state index is 12.9. The van der Waals surface area contributed by atoms with E-state index in [9.17, 15) is 14.0 Å². The summed E-state index contributed by atoms with van der Waals surface area (Å²) in [4.78, 5) is 25.1. The van der Waals surface area contributed by atoms with Gasteiger partial charge in [-0.25, -0.2) is 4.39 Å². The first-order valence-electron chi connectivity index (χ1n) is 7.70. The molecule has 25 heavy (non-hydrogen) atoms. The van der Waals surface area contributed by atoms with Crippen LogP contribution in [0.2, 0.25) is 0 Å². The van der Waals surface area contributed by atoms with Gasteiger partial charge in [-0.05, 0) is 29.8 Å². The summed E-state index contributed by atoms with van der Waals surface area (Å²) in [6.07, 6.45) is 1.49. The predicted octanol–water partition coefficient (Wildman–Crippen LogP) is 2.62. The van der Waals surface area contributed by atoms with Crippen LogP contribution in [0.3, 0.4) is 0 Å². The van der Waals surface area contributed by atoms with Crippen molar-refractivity contribution in [2.75, 3.05) is 7.11 Å². The van der Waals surface area contributed by atoms with Gasteiger partial charge in [-0.15, -0.1) is 0 Å². The lowest BCUT2D eigenvalue weighted by atomic mass is 10.1. The Morgan fingerprint density at radius 3 is 2.60 bits per heavy atom. The second kappa shape index (κ2) is 6.76. The molecule has 0 aliphatic heterocycles. The van der Waals surface area contributed by atoms with E-state index in [-0.39, 0.29) is 23.4 Å². The third-order valence-corrected chi connectivity index (χ3v) is 3.99. The number of hydrogen-bond acceptors (Lipinski definition) is 3. The lowest BCUT2D eigenvalue weighted by Gasteiger charge is -2.12. The van der Waals surface area contributed by atoms with Crippen molar-refractivity contribution in [3.8, 4) is 5.75 Å². The highest BCUT2D eigenvalue weighted by atomic mass is 19.1. The first-order chi connectivity index (χ1) is 12.0. The van der Waals surface area contributed by atoms with Gasteiger partial charge < -0.3 is 14.6 Å². The van der Waals surface area contributed by atoms with E-state index in [4.69, 9.17) is 4.74 Å². The number of fused-ring (bicyclic) bond motifs is 1. The van der Waals surface area contributed by atoms with Crippen molar-refractivity contribution in [2.24, 2.45) is 7.05 Å². The standard InChI is InChI=1S/C19H17FN2O3/c1-22-11-15(18(23)14-4-3-5-16(25-2)17(14)22)19(24)21-10-12-6-8-13(20)9-7-12/h3-9,11H,10H2,1-2H3,(H,21,24). The predicted molar refractivity (Wildman–Crippen MR) is 93.3 cm³/mol. The molecule has 3 aromatic rings. The van der Waals surface area contributed by atoms with E-state index >= 15 is 0 Å². The van der Waals surface area contributed by atoms with E-state index in [1.54, 1.807) is 41.9 Å². The summed E-state index contributed by atoms with van der Waals surface area (Å²) in [5, 5.41) is 3.10. The van der Waals surface area contributed by atoms with Gasteiger partial charge in [-0.3, -0.25) is 9.59 Å². The zero-order valence-corrected chi connectivity index (χ0v) is 13.9. The zero-order valence-electron chi connectivity index (χ0n) is 13.9. The van der Waals surface area contributed by atoms with Gasteiger partial charge in [0.15, 0.2) is 0 Å². The van der Waals surface area contributed by atoms with Crippen LogP contribution >= 0.6 is 0 Å². The highest BCUT2D eigenvalue weighted by Crippen LogP contribution is 2.22. The van der Waals surface area contributed by atoms with Crippen LogP contribution in [0.25, 0.3) is 10.9 Å². The second-order valence-electron chi connectivity index (χ2n) is 5.65. The van der Waals surface area contributed by atoms with Crippen molar-refractivity contribution in [1.29, 1.82) is 0 Å². The minimum absolute atomic E-state index is 0.0466. The number of amides is 1. The molecule has 1 amide bonds. The largest absolute Gasteiger partial charge is 0.495 e. The van der Waals surface area contributed by atoms with Crippen molar-refractivity contribution in [3.05, 3.63) is 75.8 Å². The van der Waals surface area contributed by atoms with E-state index in [0.717, 1.165) is 5.56 Å². The summed E-state index contributed by atoms with van der Waals surface area (Å²) in [5.41, 5.74) is 1.06. The number of halogens is 1. The molecule has 1 aromatic heterocycles. The summed E-state index contributed by atoms with van der Waals surface area (Å²) in [5.74, 6) is -0.252. The molecule has 0 saturated heterocycles. The van der Waals surface area contributed by atoms with E-state index in [1.807, 2.05) is 0 Å². The molecule has 1 heterocycles. The van der Waals surface area contributed by atoms with Gasteiger partial charge in [0.2, 0.25) is 5.43 Å². The molecule has 0 aliphatic rings. The maximum Gasteiger partial charge on any atom is 0.257 e. The van der Waals surface area contributed by atoms with Crippen LogP contribution in [-0.2, 0) is 13.6 Å². The van der Waals surface area contributed by atoms with E-state index in [2.05, 4.69) is 5.32 Å². The number of nitrogens with zero attached hydrogens (tertiary/aromatic N) is 1. The van der Waals surface area contributed by atoms with Crippen LogP contribution in [0.4, 0.5) is 4.39 Å². The summed E-state index contributed by atoms with van der Waals surface area (Å²) in [7, 11) is 3.28. The van der Waals surface area contributed by atoms with Crippen LogP contribution in [-0.4, -0.2) is 17.6 Å². The maximum atomic E-state index is 12.9. The van der Waals surface area contributed by atoms with Crippen LogP contribution in [0.1, 0.15) is 15.9 Å².